The Bertz CT molecular complexity index is 1070. The largest absolute Gasteiger partial charge is 0.497 e. The number of nitrogens with zero attached hydrogens (tertiary/aromatic N) is 4. The van der Waals surface area contributed by atoms with Gasteiger partial charge in [0, 0.05) is 31.0 Å². The number of methoxy groups -OCH3 is 1. The Morgan fingerprint density at radius 2 is 2.07 bits per heavy atom. The Morgan fingerprint density at radius 3 is 2.83 bits per heavy atom. The number of ether oxygens (including phenoxy) is 1. The van der Waals surface area contributed by atoms with Crippen LogP contribution in [0.25, 0.3) is 5.65 Å². The molecule has 3 aromatic rings. The lowest BCUT2D eigenvalue weighted by atomic mass is 9.97. The van der Waals surface area contributed by atoms with Crippen LogP contribution in [0.5, 0.6) is 5.75 Å². The van der Waals surface area contributed by atoms with E-state index in [1.165, 1.54) is 10.5 Å². The number of anilines is 2. The number of rotatable bonds is 4. The molecule has 0 aliphatic carbocycles. The Hall–Kier alpha value is -3.30. The van der Waals surface area contributed by atoms with E-state index in [0.29, 0.717) is 49.0 Å². The fourth-order valence-corrected chi connectivity index (χ4v) is 3.58. The van der Waals surface area contributed by atoms with Gasteiger partial charge in [-0.25, -0.2) is 0 Å². The quantitative estimate of drug-likeness (QED) is 0.700. The van der Waals surface area contributed by atoms with Crippen LogP contribution in [0.15, 0.2) is 42.6 Å². The highest BCUT2D eigenvalue weighted by molar-refractivity contribution is 5.93. The van der Waals surface area contributed by atoms with Crippen molar-refractivity contribution in [2.24, 2.45) is 5.92 Å². The number of halogens is 3. The number of aromatic nitrogens is 3. The van der Waals surface area contributed by atoms with Gasteiger partial charge in [-0.05, 0) is 37.1 Å². The molecule has 0 unspecified atom stereocenters. The minimum absolute atomic E-state index is 0.155. The average molecular weight is 419 g/mol. The predicted molar refractivity (Wildman–Crippen MR) is 105 cm³/mol. The van der Waals surface area contributed by atoms with E-state index < -0.39 is 11.7 Å². The number of alkyl halides is 3. The number of pyridine rings is 1. The van der Waals surface area contributed by atoms with Gasteiger partial charge in [0.15, 0.2) is 5.65 Å². The van der Waals surface area contributed by atoms with Crippen molar-refractivity contribution in [3.05, 3.63) is 48.2 Å². The lowest BCUT2D eigenvalue weighted by Gasteiger charge is -2.32. The first-order chi connectivity index (χ1) is 14.3. The van der Waals surface area contributed by atoms with Gasteiger partial charge in [0.2, 0.25) is 11.9 Å². The molecule has 1 aliphatic rings. The van der Waals surface area contributed by atoms with Crippen molar-refractivity contribution in [1.29, 1.82) is 0 Å². The summed E-state index contributed by atoms with van der Waals surface area (Å²) in [7, 11) is 1.55. The van der Waals surface area contributed by atoms with E-state index in [-0.39, 0.29) is 11.8 Å². The minimum Gasteiger partial charge on any atom is -0.497 e. The van der Waals surface area contributed by atoms with Gasteiger partial charge in [0.1, 0.15) is 5.75 Å². The Kier molecular flexibility index (Phi) is 5.23. The van der Waals surface area contributed by atoms with Gasteiger partial charge in [-0.15, -0.1) is 10.2 Å². The summed E-state index contributed by atoms with van der Waals surface area (Å²) in [4.78, 5) is 14.6. The van der Waals surface area contributed by atoms with Crippen molar-refractivity contribution in [1.82, 2.24) is 14.6 Å². The van der Waals surface area contributed by atoms with Crippen LogP contribution in [0.4, 0.5) is 24.8 Å². The molecule has 0 radical (unpaired) electrons. The first kappa shape index (κ1) is 20.0. The third-order valence-electron chi connectivity index (χ3n) is 5.12. The smallest absolute Gasteiger partial charge is 0.417 e. The summed E-state index contributed by atoms with van der Waals surface area (Å²) in [5.41, 5.74) is 0.167. The maximum Gasteiger partial charge on any atom is 0.417 e. The summed E-state index contributed by atoms with van der Waals surface area (Å²) in [5.74, 6) is 0.448. The molecule has 1 fully saturated rings. The summed E-state index contributed by atoms with van der Waals surface area (Å²) in [6.07, 6.45) is -2.08. The number of nitrogens with one attached hydrogen (secondary N) is 1. The van der Waals surface area contributed by atoms with Gasteiger partial charge >= 0.3 is 6.18 Å². The Labute approximate surface area is 170 Å². The van der Waals surface area contributed by atoms with Crippen LogP contribution in [-0.2, 0) is 11.0 Å². The lowest BCUT2D eigenvalue weighted by Crippen LogP contribution is -2.41. The minimum atomic E-state index is -4.46. The zero-order chi connectivity index (χ0) is 21.3. The highest BCUT2D eigenvalue weighted by Gasteiger charge is 2.32. The molecule has 158 valence electrons. The molecule has 1 aromatic carbocycles. The normalized spacial score (nSPS) is 17.2. The van der Waals surface area contributed by atoms with Gasteiger partial charge in [0.25, 0.3) is 0 Å². The first-order valence-electron chi connectivity index (χ1n) is 9.47. The first-order valence-corrected chi connectivity index (χ1v) is 9.47. The summed E-state index contributed by atoms with van der Waals surface area (Å²) in [6.45, 7) is 0.923. The van der Waals surface area contributed by atoms with Crippen molar-refractivity contribution in [3.63, 3.8) is 0 Å². The number of carbonyl (C=O) groups excluding carboxylic acids is 1. The molecule has 3 heterocycles. The summed E-state index contributed by atoms with van der Waals surface area (Å²) < 4.78 is 45.8. The predicted octanol–water partition coefficient (Wildman–Crippen LogP) is 3.61. The van der Waals surface area contributed by atoms with Crippen LogP contribution in [0, 0.1) is 5.92 Å². The Balaban J connectivity index is 1.53. The highest BCUT2D eigenvalue weighted by atomic mass is 19.4. The molecule has 1 aliphatic heterocycles. The van der Waals surface area contributed by atoms with E-state index in [1.807, 2.05) is 0 Å². The topological polar surface area (TPSA) is 71.8 Å². The highest BCUT2D eigenvalue weighted by Crippen LogP contribution is 2.31. The van der Waals surface area contributed by atoms with Crippen LogP contribution in [0.3, 0.4) is 0 Å². The van der Waals surface area contributed by atoms with Gasteiger partial charge in [0.05, 0.1) is 18.6 Å². The van der Waals surface area contributed by atoms with Crippen molar-refractivity contribution in [3.8, 4) is 5.75 Å². The molecule has 7 nitrogen and oxygen atoms in total. The fraction of sp³-hybridized carbons (Fsp3) is 0.350. The molecule has 10 heteroatoms. The number of amides is 1. The summed E-state index contributed by atoms with van der Waals surface area (Å²) in [5, 5.41) is 10.9. The van der Waals surface area contributed by atoms with Crippen molar-refractivity contribution >= 4 is 23.2 Å². The molecule has 30 heavy (non-hydrogen) atoms. The molecule has 1 saturated heterocycles. The molecule has 2 aromatic heterocycles. The van der Waals surface area contributed by atoms with Crippen molar-refractivity contribution < 1.29 is 22.7 Å². The van der Waals surface area contributed by atoms with E-state index in [4.69, 9.17) is 4.74 Å². The SMILES string of the molecule is COc1cccc(NC(=O)[C@@H]2CCCN(c3nnc4ccc(C(F)(F)F)cn34)C2)c1. The third-order valence-corrected chi connectivity index (χ3v) is 5.12. The second-order valence-electron chi connectivity index (χ2n) is 7.15. The molecule has 0 bridgehead atoms. The van der Waals surface area contributed by atoms with Crippen molar-refractivity contribution in [2.75, 3.05) is 30.4 Å². The van der Waals surface area contributed by atoms with Crippen LogP contribution < -0.4 is 15.0 Å². The number of carbonyl (C=O) groups is 1. The van der Waals surface area contributed by atoms with Crippen molar-refractivity contribution in [2.45, 2.75) is 19.0 Å². The van der Waals surface area contributed by atoms with Gasteiger partial charge < -0.3 is 15.0 Å². The molecule has 1 amide bonds. The standard InChI is InChI=1S/C20H20F3N5O2/c1-30-16-6-2-5-15(10-16)24-18(29)13-4-3-9-27(11-13)19-26-25-17-8-7-14(12-28(17)19)20(21,22)23/h2,5-8,10,12-13H,3-4,9,11H2,1H3,(H,24,29)/t13-/m1/s1. The third kappa shape index (κ3) is 4.03. The zero-order valence-electron chi connectivity index (χ0n) is 16.2. The van der Waals surface area contributed by atoms with E-state index in [1.54, 1.807) is 36.3 Å². The fourth-order valence-electron chi connectivity index (χ4n) is 3.58. The van der Waals surface area contributed by atoms with E-state index in [2.05, 4.69) is 15.5 Å². The molecular weight excluding hydrogens is 399 g/mol. The van der Waals surface area contributed by atoms with Crippen LogP contribution in [0.1, 0.15) is 18.4 Å². The summed E-state index contributed by atoms with van der Waals surface area (Å²) in [6, 6.07) is 9.32. The second-order valence-corrected chi connectivity index (χ2v) is 7.15. The average Bonchev–Trinajstić information content (AvgIpc) is 3.16. The summed E-state index contributed by atoms with van der Waals surface area (Å²) >= 11 is 0. The number of hydrogen-bond donors (Lipinski definition) is 1. The lowest BCUT2D eigenvalue weighted by molar-refractivity contribution is -0.137. The van der Waals surface area contributed by atoms with Crippen LogP contribution in [0.2, 0.25) is 0 Å². The second kappa shape index (κ2) is 7.85. The molecule has 0 saturated carbocycles. The van der Waals surface area contributed by atoms with Gasteiger partial charge in [-0.3, -0.25) is 9.20 Å². The maximum atomic E-state index is 13.1. The molecule has 1 N–H and O–H groups in total. The van der Waals surface area contributed by atoms with E-state index in [9.17, 15) is 18.0 Å². The number of benzene rings is 1. The van der Waals surface area contributed by atoms with Crippen LogP contribution in [-0.4, -0.2) is 40.7 Å². The number of fused-ring (bicyclic) bond motifs is 1. The van der Waals surface area contributed by atoms with Gasteiger partial charge in [-0.1, -0.05) is 6.07 Å². The van der Waals surface area contributed by atoms with Gasteiger partial charge in [-0.2, -0.15) is 13.2 Å². The number of piperidine rings is 1. The zero-order valence-corrected chi connectivity index (χ0v) is 16.2. The number of hydrogen-bond acceptors (Lipinski definition) is 5. The van der Waals surface area contributed by atoms with E-state index in [0.717, 1.165) is 12.3 Å². The molecular formula is C20H20F3N5O2. The van der Waals surface area contributed by atoms with Crippen LogP contribution >= 0.6 is 0 Å². The monoisotopic (exact) mass is 419 g/mol. The molecule has 1 atom stereocenters. The maximum absolute atomic E-state index is 13.1. The molecule has 0 spiro atoms. The Morgan fingerprint density at radius 1 is 1.23 bits per heavy atom. The van der Waals surface area contributed by atoms with E-state index >= 15 is 0 Å². The molecule has 4 rings (SSSR count).